The summed E-state index contributed by atoms with van der Waals surface area (Å²) < 4.78 is 10.2. The van der Waals surface area contributed by atoms with Crippen LogP contribution >= 0.6 is 11.6 Å². The Morgan fingerprint density at radius 3 is 2.74 bits per heavy atom. The van der Waals surface area contributed by atoms with Crippen LogP contribution in [-0.2, 0) is 4.74 Å². The minimum Gasteiger partial charge on any atom is -0.495 e. The molecule has 1 N–H and O–H groups in total. The second kappa shape index (κ2) is 5.66. The van der Waals surface area contributed by atoms with Gasteiger partial charge >= 0.3 is 0 Å². The zero-order valence-corrected chi connectivity index (χ0v) is 11.4. The van der Waals surface area contributed by atoms with E-state index in [9.17, 15) is 10.4 Å². The highest BCUT2D eigenvalue weighted by Gasteiger charge is 2.40. The van der Waals surface area contributed by atoms with Crippen LogP contribution in [0.2, 0.25) is 5.02 Å². The highest BCUT2D eigenvalue weighted by Crippen LogP contribution is 2.33. The average Bonchev–Trinajstić information content (AvgIpc) is 2.38. The molecule has 19 heavy (non-hydrogen) atoms. The summed E-state index contributed by atoms with van der Waals surface area (Å²) in [6.45, 7) is 1.33. The fourth-order valence-corrected chi connectivity index (χ4v) is 2.22. The number of benzene rings is 1. The van der Waals surface area contributed by atoms with E-state index in [0.717, 1.165) is 0 Å². The van der Waals surface area contributed by atoms with Crippen LogP contribution < -0.4 is 9.64 Å². The van der Waals surface area contributed by atoms with Crippen molar-refractivity contribution in [2.75, 3.05) is 38.4 Å². The Labute approximate surface area is 116 Å². The molecule has 0 amide bonds. The van der Waals surface area contributed by atoms with E-state index in [1.54, 1.807) is 18.2 Å². The summed E-state index contributed by atoms with van der Waals surface area (Å²) in [6, 6.07) is 5.15. The number of ether oxygens (including phenoxy) is 2. The van der Waals surface area contributed by atoms with Crippen molar-refractivity contribution in [3.05, 3.63) is 23.2 Å². The lowest BCUT2D eigenvalue weighted by Crippen LogP contribution is -2.52. The van der Waals surface area contributed by atoms with Crippen LogP contribution in [-0.4, -0.2) is 38.6 Å². The molecule has 0 radical (unpaired) electrons. The van der Waals surface area contributed by atoms with Gasteiger partial charge in [0.1, 0.15) is 5.75 Å². The minimum atomic E-state index is -0.359. The van der Waals surface area contributed by atoms with E-state index >= 15 is 0 Å². The van der Waals surface area contributed by atoms with Crippen molar-refractivity contribution in [2.45, 2.75) is 0 Å². The molecule has 1 aliphatic heterocycles. The zero-order valence-electron chi connectivity index (χ0n) is 10.6. The van der Waals surface area contributed by atoms with Crippen molar-refractivity contribution in [1.29, 1.82) is 5.26 Å². The molecule has 1 heterocycles. The fourth-order valence-electron chi connectivity index (χ4n) is 1.97. The smallest absolute Gasteiger partial charge is 0.184 e. The maximum atomic E-state index is 9.40. The first-order valence-electron chi connectivity index (χ1n) is 5.83. The molecule has 1 aromatic carbocycles. The number of nitriles is 1. The Kier molecular flexibility index (Phi) is 4.15. The summed E-state index contributed by atoms with van der Waals surface area (Å²) >= 11 is 6.05. The number of rotatable bonds is 5. The van der Waals surface area contributed by atoms with Gasteiger partial charge in [0.2, 0.25) is 0 Å². The van der Waals surface area contributed by atoms with Gasteiger partial charge in [0, 0.05) is 6.54 Å². The standard InChI is InChI=1S/C13H15ClN2O3/c1-18-12-3-2-10(4-11(12)14)16(9-15)5-13(6-17)7-19-8-13/h2-4,17H,5-8H2,1H3. The normalized spacial score (nSPS) is 16.3. The second-order valence-corrected chi connectivity index (χ2v) is 5.06. The van der Waals surface area contributed by atoms with Gasteiger partial charge in [-0.15, -0.1) is 0 Å². The number of anilines is 1. The van der Waals surface area contributed by atoms with Crippen molar-refractivity contribution >= 4 is 17.3 Å². The molecule has 0 aliphatic carbocycles. The molecule has 0 bridgehead atoms. The van der Waals surface area contributed by atoms with E-state index in [1.165, 1.54) is 12.0 Å². The van der Waals surface area contributed by atoms with Crippen molar-refractivity contribution in [3.63, 3.8) is 0 Å². The van der Waals surface area contributed by atoms with Crippen molar-refractivity contribution in [1.82, 2.24) is 0 Å². The van der Waals surface area contributed by atoms with E-state index < -0.39 is 0 Å². The van der Waals surface area contributed by atoms with Crippen LogP contribution in [0.15, 0.2) is 18.2 Å². The molecule has 0 spiro atoms. The number of hydrogen-bond acceptors (Lipinski definition) is 5. The van der Waals surface area contributed by atoms with Gasteiger partial charge in [-0.3, -0.25) is 4.90 Å². The molecule has 5 nitrogen and oxygen atoms in total. The molecule has 1 saturated heterocycles. The van der Waals surface area contributed by atoms with Crippen LogP contribution in [0.3, 0.4) is 0 Å². The molecular weight excluding hydrogens is 268 g/mol. The molecule has 0 saturated carbocycles. The van der Waals surface area contributed by atoms with Gasteiger partial charge in [-0.05, 0) is 18.2 Å². The van der Waals surface area contributed by atoms with Crippen molar-refractivity contribution in [3.8, 4) is 11.9 Å². The van der Waals surface area contributed by atoms with E-state index in [1.807, 2.05) is 0 Å². The Hall–Kier alpha value is -1.48. The van der Waals surface area contributed by atoms with E-state index in [4.69, 9.17) is 21.1 Å². The average molecular weight is 283 g/mol. The van der Waals surface area contributed by atoms with Gasteiger partial charge in [0.25, 0.3) is 0 Å². The van der Waals surface area contributed by atoms with Crippen molar-refractivity contribution in [2.24, 2.45) is 5.41 Å². The van der Waals surface area contributed by atoms with Gasteiger partial charge in [-0.1, -0.05) is 11.6 Å². The molecule has 0 atom stereocenters. The summed E-state index contributed by atoms with van der Waals surface area (Å²) in [5.74, 6) is 0.562. The van der Waals surface area contributed by atoms with Gasteiger partial charge in [0.15, 0.2) is 6.19 Å². The van der Waals surface area contributed by atoms with Gasteiger partial charge in [-0.25, -0.2) is 0 Å². The molecule has 0 aromatic heterocycles. The summed E-state index contributed by atoms with van der Waals surface area (Å²) in [7, 11) is 1.54. The summed E-state index contributed by atoms with van der Waals surface area (Å²) in [6.07, 6.45) is 2.11. The number of hydrogen-bond donors (Lipinski definition) is 1. The van der Waals surface area contributed by atoms with Gasteiger partial charge in [0.05, 0.1) is 43.1 Å². The molecule has 1 fully saturated rings. The Balaban J connectivity index is 2.18. The molecule has 0 unspecified atom stereocenters. The first-order chi connectivity index (χ1) is 9.14. The lowest BCUT2D eigenvalue weighted by atomic mass is 9.86. The van der Waals surface area contributed by atoms with Gasteiger partial charge in [-0.2, -0.15) is 5.26 Å². The highest BCUT2D eigenvalue weighted by molar-refractivity contribution is 6.32. The topological polar surface area (TPSA) is 65.7 Å². The molecule has 1 aliphatic rings. The first kappa shape index (κ1) is 13.9. The van der Waals surface area contributed by atoms with Crippen LogP contribution in [0.4, 0.5) is 5.69 Å². The van der Waals surface area contributed by atoms with Gasteiger partial charge < -0.3 is 14.6 Å². The van der Waals surface area contributed by atoms with E-state index in [-0.39, 0.29) is 12.0 Å². The third kappa shape index (κ3) is 2.76. The van der Waals surface area contributed by atoms with E-state index in [0.29, 0.717) is 36.2 Å². The SMILES string of the molecule is COc1ccc(N(C#N)CC2(CO)COC2)cc1Cl. The lowest BCUT2D eigenvalue weighted by Gasteiger charge is -2.41. The third-order valence-electron chi connectivity index (χ3n) is 3.21. The molecule has 2 rings (SSSR count). The quantitative estimate of drug-likeness (QED) is 0.657. The molecule has 1 aromatic rings. The summed E-state index contributed by atoms with van der Waals surface area (Å²) in [4.78, 5) is 1.50. The first-order valence-corrected chi connectivity index (χ1v) is 6.21. The minimum absolute atomic E-state index is 0.00489. The summed E-state index contributed by atoms with van der Waals surface area (Å²) in [5, 5.41) is 19.1. The zero-order chi connectivity index (χ0) is 13.9. The lowest BCUT2D eigenvalue weighted by molar-refractivity contribution is -0.130. The Morgan fingerprint density at radius 1 is 1.58 bits per heavy atom. The number of halogens is 1. The van der Waals surface area contributed by atoms with Crippen LogP contribution in [0.25, 0.3) is 0 Å². The second-order valence-electron chi connectivity index (χ2n) is 4.66. The number of nitrogens with zero attached hydrogens (tertiary/aromatic N) is 2. The third-order valence-corrected chi connectivity index (χ3v) is 3.51. The predicted octanol–water partition coefficient (Wildman–Crippen LogP) is 1.64. The highest BCUT2D eigenvalue weighted by atomic mass is 35.5. The summed E-state index contributed by atoms with van der Waals surface area (Å²) in [5.41, 5.74) is 0.315. The van der Waals surface area contributed by atoms with Crippen molar-refractivity contribution < 1.29 is 14.6 Å². The largest absolute Gasteiger partial charge is 0.495 e. The molecular formula is C13H15ClN2O3. The number of aliphatic hydroxyl groups is 1. The Morgan fingerprint density at radius 2 is 2.32 bits per heavy atom. The maximum Gasteiger partial charge on any atom is 0.184 e. The molecule has 6 heteroatoms. The maximum absolute atomic E-state index is 9.40. The Bertz CT molecular complexity index is 492. The van der Waals surface area contributed by atoms with E-state index in [2.05, 4.69) is 6.19 Å². The number of aliphatic hydroxyl groups excluding tert-OH is 1. The monoisotopic (exact) mass is 282 g/mol. The predicted molar refractivity (Wildman–Crippen MR) is 71.3 cm³/mol. The number of methoxy groups -OCH3 is 1. The molecule has 102 valence electrons. The van der Waals surface area contributed by atoms with Crippen LogP contribution in [0.5, 0.6) is 5.75 Å². The van der Waals surface area contributed by atoms with Crippen LogP contribution in [0.1, 0.15) is 0 Å². The van der Waals surface area contributed by atoms with Crippen LogP contribution in [0, 0.1) is 16.9 Å². The fraction of sp³-hybridized carbons (Fsp3) is 0.462.